The molecule has 0 aliphatic heterocycles. The molecular formula is C19H23N3O3. The van der Waals surface area contributed by atoms with E-state index in [9.17, 15) is 9.59 Å². The van der Waals surface area contributed by atoms with Crippen LogP contribution in [0.5, 0.6) is 0 Å². The Labute approximate surface area is 147 Å². The van der Waals surface area contributed by atoms with Gasteiger partial charge in [-0.25, -0.2) is 4.79 Å². The number of hydrogen-bond donors (Lipinski definition) is 2. The molecule has 2 rings (SSSR count). The number of benzene rings is 2. The van der Waals surface area contributed by atoms with Crippen molar-refractivity contribution in [2.45, 2.75) is 13.0 Å². The van der Waals surface area contributed by atoms with Gasteiger partial charge in [0.05, 0.1) is 7.11 Å². The molecule has 132 valence electrons. The third kappa shape index (κ3) is 5.06. The Kier molecular flexibility index (Phi) is 6.54. The van der Waals surface area contributed by atoms with Crippen LogP contribution in [0.1, 0.15) is 18.5 Å². The van der Waals surface area contributed by atoms with Gasteiger partial charge in [-0.1, -0.05) is 43.3 Å². The maximum atomic E-state index is 12.8. The van der Waals surface area contributed by atoms with Gasteiger partial charge in [0.15, 0.2) is 0 Å². The molecule has 1 unspecified atom stereocenters. The number of nitrogens with one attached hydrogen (secondary N) is 2. The molecule has 0 saturated heterocycles. The largest absolute Gasteiger partial charge is 0.453 e. The van der Waals surface area contributed by atoms with Crippen LogP contribution in [0.25, 0.3) is 0 Å². The number of likely N-dealkylation sites (N-methyl/N-ethyl adjacent to an activating group) is 1. The summed E-state index contributed by atoms with van der Waals surface area (Å²) in [5.41, 5.74) is 2.07. The third-order valence-corrected chi connectivity index (χ3v) is 3.87. The fourth-order valence-electron chi connectivity index (χ4n) is 2.48. The molecule has 0 radical (unpaired) electrons. The minimum Gasteiger partial charge on any atom is -0.453 e. The van der Waals surface area contributed by atoms with Crippen molar-refractivity contribution in [1.29, 1.82) is 0 Å². The van der Waals surface area contributed by atoms with E-state index >= 15 is 0 Å². The SMILES string of the molecule is CCN(C)C(C(=O)Nc1cccc(NC(=O)OC)c1)c1ccccc1. The highest BCUT2D eigenvalue weighted by Crippen LogP contribution is 2.22. The highest BCUT2D eigenvalue weighted by Gasteiger charge is 2.24. The Morgan fingerprint density at radius 3 is 2.28 bits per heavy atom. The molecule has 2 N–H and O–H groups in total. The predicted molar refractivity (Wildman–Crippen MR) is 98.6 cm³/mol. The van der Waals surface area contributed by atoms with E-state index in [0.717, 1.165) is 12.1 Å². The number of hydrogen-bond acceptors (Lipinski definition) is 4. The lowest BCUT2D eigenvalue weighted by Crippen LogP contribution is -2.34. The molecular weight excluding hydrogens is 318 g/mol. The van der Waals surface area contributed by atoms with Crippen LogP contribution < -0.4 is 10.6 Å². The summed E-state index contributed by atoms with van der Waals surface area (Å²) >= 11 is 0. The Balaban J connectivity index is 2.18. The standard InChI is InChI=1S/C19H23N3O3/c1-4-22(2)17(14-9-6-5-7-10-14)18(23)20-15-11-8-12-16(13-15)21-19(24)25-3/h5-13,17H,4H2,1-3H3,(H,20,23)(H,21,24). The second-order valence-electron chi connectivity index (χ2n) is 5.57. The number of ether oxygens (including phenoxy) is 1. The van der Waals surface area contributed by atoms with E-state index < -0.39 is 12.1 Å². The first-order chi connectivity index (χ1) is 12.0. The fourth-order valence-corrected chi connectivity index (χ4v) is 2.48. The first-order valence-corrected chi connectivity index (χ1v) is 8.06. The molecule has 6 heteroatoms. The Morgan fingerprint density at radius 1 is 1.04 bits per heavy atom. The maximum absolute atomic E-state index is 12.8. The van der Waals surface area contributed by atoms with E-state index in [1.54, 1.807) is 24.3 Å². The average Bonchev–Trinajstić information content (AvgIpc) is 2.62. The molecule has 6 nitrogen and oxygen atoms in total. The van der Waals surface area contributed by atoms with Crippen molar-refractivity contribution >= 4 is 23.4 Å². The highest BCUT2D eigenvalue weighted by molar-refractivity contribution is 5.96. The summed E-state index contributed by atoms with van der Waals surface area (Å²) in [5.74, 6) is -0.134. The molecule has 2 aromatic carbocycles. The Hall–Kier alpha value is -2.86. The van der Waals surface area contributed by atoms with Gasteiger partial charge >= 0.3 is 6.09 Å². The van der Waals surface area contributed by atoms with Crippen molar-refractivity contribution < 1.29 is 14.3 Å². The molecule has 2 amide bonds. The molecule has 0 aromatic heterocycles. The third-order valence-electron chi connectivity index (χ3n) is 3.87. The molecule has 2 aromatic rings. The summed E-state index contributed by atoms with van der Waals surface area (Å²) in [7, 11) is 3.21. The number of carbonyl (C=O) groups is 2. The lowest BCUT2D eigenvalue weighted by molar-refractivity contribution is -0.121. The van der Waals surface area contributed by atoms with Crippen LogP contribution in [-0.2, 0) is 9.53 Å². The van der Waals surface area contributed by atoms with Crippen LogP contribution in [0, 0.1) is 0 Å². The highest BCUT2D eigenvalue weighted by atomic mass is 16.5. The van der Waals surface area contributed by atoms with E-state index in [1.165, 1.54) is 7.11 Å². The second-order valence-corrected chi connectivity index (χ2v) is 5.57. The van der Waals surface area contributed by atoms with E-state index in [2.05, 4.69) is 15.4 Å². The molecule has 0 bridgehead atoms. The first-order valence-electron chi connectivity index (χ1n) is 8.06. The van der Waals surface area contributed by atoms with E-state index in [0.29, 0.717) is 11.4 Å². The van der Waals surface area contributed by atoms with Gasteiger partial charge in [-0.2, -0.15) is 0 Å². The molecule has 0 aliphatic rings. The lowest BCUT2D eigenvalue weighted by Gasteiger charge is -2.26. The van der Waals surface area contributed by atoms with Gasteiger partial charge in [0.2, 0.25) is 5.91 Å². The molecule has 25 heavy (non-hydrogen) atoms. The van der Waals surface area contributed by atoms with Crippen molar-refractivity contribution in [3.63, 3.8) is 0 Å². The summed E-state index contributed by atoms with van der Waals surface area (Å²) in [6.07, 6.45) is -0.559. The smallest absolute Gasteiger partial charge is 0.411 e. The monoisotopic (exact) mass is 341 g/mol. The van der Waals surface area contributed by atoms with Crippen LogP contribution in [-0.4, -0.2) is 37.6 Å². The summed E-state index contributed by atoms with van der Waals surface area (Å²) in [5, 5.41) is 5.49. The minimum absolute atomic E-state index is 0.134. The number of nitrogens with zero attached hydrogens (tertiary/aromatic N) is 1. The maximum Gasteiger partial charge on any atom is 0.411 e. The summed E-state index contributed by atoms with van der Waals surface area (Å²) < 4.78 is 4.57. The van der Waals surface area contributed by atoms with Crippen LogP contribution in [0.15, 0.2) is 54.6 Å². The lowest BCUT2D eigenvalue weighted by atomic mass is 10.0. The van der Waals surface area contributed by atoms with Crippen molar-refractivity contribution in [3.8, 4) is 0 Å². The van der Waals surface area contributed by atoms with Crippen LogP contribution in [0.4, 0.5) is 16.2 Å². The molecule has 0 aliphatic carbocycles. The normalized spacial score (nSPS) is 11.7. The molecule has 0 fully saturated rings. The topological polar surface area (TPSA) is 70.7 Å². The number of anilines is 2. The van der Waals surface area contributed by atoms with Gasteiger partial charge < -0.3 is 10.1 Å². The summed E-state index contributed by atoms with van der Waals surface area (Å²) in [6, 6.07) is 16.2. The van der Waals surface area contributed by atoms with Gasteiger partial charge in [0, 0.05) is 11.4 Å². The van der Waals surface area contributed by atoms with Crippen LogP contribution in [0.2, 0.25) is 0 Å². The first kappa shape index (κ1) is 18.5. The number of rotatable bonds is 6. The second kappa shape index (κ2) is 8.84. The predicted octanol–water partition coefficient (Wildman–Crippen LogP) is 3.50. The molecule has 0 spiro atoms. The Bertz CT molecular complexity index is 719. The van der Waals surface area contributed by atoms with E-state index in [4.69, 9.17) is 0 Å². The van der Waals surface area contributed by atoms with Crippen molar-refractivity contribution in [3.05, 3.63) is 60.2 Å². The van der Waals surface area contributed by atoms with Crippen molar-refractivity contribution in [2.75, 3.05) is 31.3 Å². The van der Waals surface area contributed by atoms with Gasteiger partial charge in [0.1, 0.15) is 6.04 Å². The van der Waals surface area contributed by atoms with Crippen LogP contribution >= 0.6 is 0 Å². The Morgan fingerprint density at radius 2 is 1.68 bits per heavy atom. The van der Waals surface area contributed by atoms with Gasteiger partial charge in [-0.05, 0) is 37.4 Å². The minimum atomic E-state index is -0.559. The van der Waals surface area contributed by atoms with Crippen molar-refractivity contribution in [1.82, 2.24) is 4.90 Å². The number of methoxy groups -OCH3 is 1. The number of amides is 2. The zero-order valence-corrected chi connectivity index (χ0v) is 14.7. The zero-order chi connectivity index (χ0) is 18.2. The van der Waals surface area contributed by atoms with Gasteiger partial charge in [-0.3, -0.25) is 15.0 Å². The molecule has 1 atom stereocenters. The zero-order valence-electron chi connectivity index (χ0n) is 14.7. The summed E-state index contributed by atoms with van der Waals surface area (Å²) in [4.78, 5) is 26.1. The average molecular weight is 341 g/mol. The number of carbonyl (C=O) groups excluding carboxylic acids is 2. The van der Waals surface area contributed by atoms with Gasteiger partial charge in [-0.15, -0.1) is 0 Å². The molecule has 0 heterocycles. The van der Waals surface area contributed by atoms with Gasteiger partial charge in [0.25, 0.3) is 0 Å². The van der Waals surface area contributed by atoms with E-state index in [1.807, 2.05) is 49.2 Å². The fraction of sp³-hybridized carbons (Fsp3) is 0.263. The summed E-state index contributed by atoms with van der Waals surface area (Å²) in [6.45, 7) is 2.74. The quantitative estimate of drug-likeness (QED) is 0.844. The molecule has 0 saturated carbocycles. The van der Waals surface area contributed by atoms with E-state index in [-0.39, 0.29) is 5.91 Å². The van der Waals surface area contributed by atoms with Crippen LogP contribution in [0.3, 0.4) is 0 Å². The van der Waals surface area contributed by atoms with Crippen molar-refractivity contribution in [2.24, 2.45) is 0 Å².